The summed E-state index contributed by atoms with van der Waals surface area (Å²) in [5.74, 6) is 1.21. The Labute approximate surface area is 162 Å². The molecule has 2 aromatic heterocycles. The van der Waals surface area contributed by atoms with Crippen LogP contribution in [-0.2, 0) is 0 Å². The van der Waals surface area contributed by atoms with E-state index in [2.05, 4.69) is 31.0 Å². The van der Waals surface area contributed by atoms with Crippen molar-refractivity contribution in [2.45, 2.75) is 0 Å². The number of methoxy groups -OCH3 is 2. The molecule has 27 heavy (non-hydrogen) atoms. The van der Waals surface area contributed by atoms with Gasteiger partial charge in [0.25, 0.3) is 5.56 Å². The maximum atomic E-state index is 12.7. The molecular formula is C19H15BrN4O3. The fraction of sp³-hybridized carbons (Fsp3) is 0.105. The summed E-state index contributed by atoms with van der Waals surface area (Å²) in [5.41, 5.74) is 2.37. The molecule has 0 saturated carbocycles. The number of nitrogens with one attached hydrogen (secondary N) is 1. The topological polar surface area (TPSA) is 81.5 Å². The predicted molar refractivity (Wildman–Crippen MR) is 108 cm³/mol. The molecule has 0 atom stereocenters. The van der Waals surface area contributed by atoms with Gasteiger partial charge in [0.05, 0.1) is 20.4 Å². The summed E-state index contributed by atoms with van der Waals surface area (Å²) in [6.45, 7) is 0. The molecular weight excluding hydrogens is 412 g/mol. The van der Waals surface area contributed by atoms with Crippen LogP contribution in [0.2, 0.25) is 0 Å². The van der Waals surface area contributed by atoms with Crippen LogP contribution in [-0.4, -0.2) is 35.1 Å². The van der Waals surface area contributed by atoms with Crippen molar-refractivity contribution in [3.63, 3.8) is 0 Å². The second kappa shape index (κ2) is 6.88. The largest absolute Gasteiger partial charge is 0.493 e. The highest BCUT2D eigenvalue weighted by Crippen LogP contribution is 2.27. The number of fused-ring (bicyclic) bond motifs is 3. The van der Waals surface area contributed by atoms with Gasteiger partial charge in [-0.1, -0.05) is 15.9 Å². The van der Waals surface area contributed by atoms with Gasteiger partial charge < -0.3 is 14.5 Å². The molecule has 0 bridgehead atoms. The van der Waals surface area contributed by atoms with Crippen molar-refractivity contribution in [3.8, 4) is 11.5 Å². The van der Waals surface area contributed by atoms with Crippen LogP contribution in [0.5, 0.6) is 11.5 Å². The molecule has 1 N–H and O–H groups in total. The van der Waals surface area contributed by atoms with E-state index in [0.29, 0.717) is 22.5 Å². The van der Waals surface area contributed by atoms with Crippen LogP contribution < -0.4 is 15.0 Å². The first kappa shape index (κ1) is 17.3. The third-order valence-electron chi connectivity index (χ3n) is 4.19. The lowest BCUT2D eigenvalue weighted by Crippen LogP contribution is -2.17. The molecule has 136 valence electrons. The molecule has 0 unspecified atom stereocenters. The zero-order valence-corrected chi connectivity index (χ0v) is 16.1. The van der Waals surface area contributed by atoms with Gasteiger partial charge in [-0.25, -0.2) is 4.98 Å². The monoisotopic (exact) mass is 426 g/mol. The van der Waals surface area contributed by atoms with Crippen molar-refractivity contribution in [2.75, 3.05) is 14.2 Å². The molecule has 0 amide bonds. The van der Waals surface area contributed by atoms with E-state index in [4.69, 9.17) is 9.47 Å². The highest BCUT2D eigenvalue weighted by atomic mass is 79.9. The quantitative estimate of drug-likeness (QED) is 0.506. The van der Waals surface area contributed by atoms with Crippen LogP contribution >= 0.6 is 15.9 Å². The highest BCUT2D eigenvalue weighted by Gasteiger charge is 2.11. The number of ether oxygens (including phenoxy) is 2. The van der Waals surface area contributed by atoms with Crippen LogP contribution in [0.4, 0.5) is 0 Å². The molecule has 4 aromatic rings. The molecule has 0 aliphatic rings. The van der Waals surface area contributed by atoms with Gasteiger partial charge >= 0.3 is 0 Å². The van der Waals surface area contributed by atoms with Gasteiger partial charge in [-0.15, -0.1) is 0 Å². The Morgan fingerprint density at radius 1 is 1.15 bits per heavy atom. The van der Waals surface area contributed by atoms with E-state index >= 15 is 0 Å². The van der Waals surface area contributed by atoms with E-state index in [0.717, 1.165) is 20.9 Å². The number of hydrogen-bond acceptors (Lipinski definition) is 5. The van der Waals surface area contributed by atoms with Crippen molar-refractivity contribution in [1.82, 2.24) is 14.6 Å². The molecule has 0 aliphatic carbocycles. The SMILES string of the molecule is COc1ccc(C=Nn2cnc3c([nH]c4ccc(Br)cc43)c2=O)cc1OC. The molecule has 0 saturated heterocycles. The van der Waals surface area contributed by atoms with Gasteiger partial charge in [0.1, 0.15) is 17.4 Å². The predicted octanol–water partition coefficient (Wildman–Crippen LogP) is 3.54. The molecule has 0 fully saturated rings. The highest BCUT2D eigenvalue weighted by molar-refractivity contribution is 9.10. The van der Waals surface area contributed by atoms with Gasteiger partial charge in [0.2, 0.25) is 0 Å². The Hall–Kier alpha value is -3.13. The minimum Gasteiger partial charge on any atom is -0.493 e. The van der Waals surface area contributed by atoms with Gasteiger partial charge in [-0.2, -0.15) is 9.78 Å². The molecule has 2 heterocycles. The number of hydrogen-bond donors (Lipinski definition) is 1. The van der Waals surface area contributed by atoms with Crippen molar-refractivity contribution in [3.05, 3.63) is 63.1 Å². The second-order valence-electron chi connectivity index (χ2n) is 5.79. The fourth-order valence-electron chi connectivity index (χ4n) is 2.86. The smallest absolute Gasteiger partial charge is 0.298 e. The first-order valence-electron chi connectivity index (χ1n) is 8.05. The van der Waals surface area contributed by atoms with E-state index in [1.807, 2.05) is 24.3 Å². The lowest BCUT2D eigenvalue weighted by atomic mass is 10.2. The maximum Gasteiger partial charge on any atom is 0.298 e. The maximum absolute atomic E-state index is 12.7. The summed E-state index contributed by atoms with van der Waals surface area (Å²) in [4.78, 5) is 20.3. The van der Waals surface area contributed by atoms with Crippen molar-refractivity contribution in [1.29, 1.82) is 0 Å². The summed E-state index contributed by atoms with van der Waals surface area (Å²) in [5, 5.41) is 5.12. The van der Waals surface area contributed by atoms with Gasteiger partial charge in [0, 0.05) is 15.4 Å². The molecule has 8 heteroatoms. The second-order valence-corrected chi connectivity index (χ2v) is 6.71. The number of rotatable bonds is 4. The fourth-order valence-corrected chi connectivity index (χ4v) is 3.22. The van der Waals surface area contributed by atoms with Crippen molar-refractivity contribution in [2.24, 2.45) is 5.10 Å². The van der Waals surface area contributed by atoms with E-state index in [-0.39, 0.29) is 5.56 Å². The normalized spacial score (nSPS) is 11.5. The molecule has 0 radical (unpaired) electrons. The Morgan fingerprint density at radius 2 is 1.96 bits per heavy atom. The number of halogens is 1. The first-order valence-corrected chi connectivity index (χ1v) is 8.85. The number of benzene rings is 2. The summed E-state index contributed by atoms with van der Waals surface area (Å²) in [7, 11) is 3.14. The van der Waals surface area contributed by atoms with Crippen LogP contribution in [0, 0.1) is 0 Å². The van der Waals surface area contributed by atoms with Gasteiger partial charge in [-0.3, -0.25) is 4.79 Å². The van der Waals surface area contributed by atoms with Crippen molar-refractivity contribution >= 4 is 44.1 Å². The zero-order valence-electron chi connectivity index (χ0n) is 14.6. The summed E-state index contributed by atoms with van der Waals surface area (Å²) in [6, 6.07) is 11.1. The lowest BCUT2D eigenvalue weighted by Gasteiger charge is -2.07. The molecule has 4 rings (SSSR count). The Kier molecular flexibility index (Phi) is 4.41. The van der Waals surface area contributed by atoms with Crippen molar-refractivity contribution < 1.29 is 9.47 Å². The molecule has 0 aliphatic heterocycles. The van der Waals surface area contributed by atoms with Crippen LogP contribution in [0.25, 0.3) is 21.9 Å². The molecule has 7 nitrogen and oxygen atoms in total. The van der Waals surface area contributed by atoms with E-state index in [1.54, 1.807) is 32.6 Å². The summed E-state index contributed by atoms with van der Waals surface area (Å²) < 4.78 is 12.6. The molecule has 0 spiro atoms. The van der Waals surface area contributed by atoms with E-state index in [1.165, 1.54) is 11.0 Å². The standard InChI is InChI=1S/C19H15BrN4O3/c1-26-15-6-3-11(7-16(15)27-2)9-22-24-10-21-17-13-8-12(20)4-5-14(13)23-18(17)19(24)25/h3-10,23H,1-2H3. The van der Waals surface area contributed by atoms with Crippen LogP contribution in [0.15, 0.2) is 57.1 Å². The van der Waals surface area contributed by atoms with Gasteiger partial charge in [0.15, 0.2) is 11.5 Å². The zero-order chi connectivity index (χ0) is 19.0. The average Bonchev–Trinajstić information content (AvgIpc) is 3.06. The number of H-pyrrole nitrogens is 1. The van der Waals surface area contributed by atoms with Crippen LogP contribution in [0.3, 0.4) is 0 Å². The average molecular weight is 427 g/mol. The van der Waals surface area contributed by atoms with Crippen LogP contribution in [0.1, 0.15) is 5.56 Å². The van der Waals surface area contributed by atoms with Gasteiger partial charge in [-0.05, 0) is 42.0 Å². The minimum absolute atomic E-state index is 0.274. The third-order valence-corrected chi connectivity index (χ3v) is 4.68. The Morgan fingerprint density at radius 3 is 2.74 bits per heavy atom. The number of nitrogens with zero attached hydrogens (tertiary/aromatic N) is 3. The lowest BCUT2D eigenvalue weighted by molar-refractivity contribution is 0.355. The Balaban J connectivity index is 1.76. The van der Waals surface area contributed by atoms with E-state index < -0.39 is 0 Å². The minimum atomic E-state index is -0.274. The van der Waals surface area contributed by atoms with E-state index in [9.17, 15) is 4.79 Å². The number of aromatic amines is 1. The number of aromatic nitrogens is 3. The first-order chi connectivity index (χ1) is 13.1. The summed E-state index contributed by atoms with van der Waals surface area (Å²) >= 11 is 3.44. The molecule has 2 aromatic carbocycles. The Bertz CT molecular complexity index is 1240. The summed E-state index contributed by atoms with van der Waals surface area (Å²) in [6.07, 6.45) is 2.98. The third kappa shape index (κ3) is 3.08.